The third-order valence-corrected chi connectivity index (χ3v) is 2.52. The van der Waals surface area contributed by atoms with Crippen molar-refractivity contribution in [3.05, 3.63) is 29.8 Å². The molecule has 1 aromatic rings. The van der Waals surface area contributed by atoms with E-state index in [-0.39, 0.29) is 6.54 Å². The lowest BCUT2D eigenvalue weighted by Crippen LogP contribution is -2.60. The van der Waals surface area contributed by atoms with E-state index in [9.17, 15) is 13.6 Å². The number of halogens is 2. The Kier molecular flexibility index (Phi) is 2.53. The first-order valence-electron chi connectivity index (χ1n) is 4.83. The van der Waals surface area contributed by atoms with Gasteiger partial charge in [0.15, 0.2) is 0 Å². The Labute approximate surface area is 91.6 Å². The fourth-order valence-electron chi connectivity index (χ4n) is 1.60. The normalized spacial score (nSPS) is 18.2. The van der Waals surface area contributed by atoms with Gasteiger partial charge in [0.2, 0.25) is 0 Å². The Morgan fingerprint density at radius 2 is 2.00 bits per heavy atom. The van der Waals surface area contributed by atoms with Gasteiger partial charge in [-0.3, -0.25) is 4.79 Å². The van der Waals surface area contributed by atoms with Gasteiger partial charge in [-0.15, -0.1) is 0 Å². The maximum atomic E-state index is 12.6. The predicted octanol–water partition coefficient (Wildman–Crippen LogP) is 1.67. The van der Waals surface area contributed by atoms with Crippen molar-refractivity contribution in [2.45, 2.75) is 12.5 Å². The standard InChI is InChI=1S/C11H11F2NO2/c1-16-9-4-2-8(3-5-9)6-14-7-11(12,13)10(14)15/h2-5H,6-7H2,1H3. The molecule has 0 aliphatic carbocycles. The Morgan fingerprint density at radius 1 is 1.38 bits per heavy atom. The summed E-state index contributed by atoms with van der Waals surface area (Å²) in [5, 5.41) is 0. The monoisotopic (exact) mass is 227 g/mol. The van der Waals surface area contributed by atoms with Crippen LogP contribution >= 0.6 is 0 Å². The Balaban J connectivity index is 1.98. The molecule has 1 saturated heterocycles. The van der Waals surface area contributed by atoms with Crippen LogP contribution in [0.3, 0.4) is 0 Å². The van der Waals surface area contributed by atoms with E-state index >= 15 is 0 Å². The molecule has 0 N–H and O–H groups in total. The first-order chi connectivity index (χ1) is 7.53. The fraction of sp³-hybridized carbons (Fsp3) is 0.364. The van der Waals surface area contributed by atoms with Gasteiger partial charge >= 0.3 is 5.92 Å². The van der Waals surface area contributed by atoms with E-state index in [2.05, 4.69) is 0 Å². The molecule has 0 radical (unpaired) electrons. The zero-order valence-corrected chi connectivity index (χ0v) is 8.74. The van der Waals surface area contributed by atoms with E-state index in [0.717, 1.165) is 10.5 Å². The van der Waals surface area contributed by atoms with Crippen LogP contribution in [0.1, 0.15) is 5.56 Å². The molecular weight excluding hydrogens is 216 g/mol. The number of amides is 1. The summed E-state index contributed by atoms with van der Waals surface area (Å²) < 4.78 is 30.2. The number of β-lactam (4-membered cyclic amide) rings is 1. The number of ether oxygens (including phenoxy) is 1. The molecule has 1 aliphatic rings. The predicted molar refractivity (Wildman–Crippen MR) is 53.4 cm³/mol. The maximum absolute atomic E-state index is 12.6. The molecule has 5 heteroatoms. The van der Waals surface area contributed by atoms with Crippen LogP contribution in [0.25, 0.3) is 0 Å². The van der Waals surface area contributed by atoms with Crippen LogP contribution in [0.5, 0.6) is 5.75 Å². The molecule has 1 fully saturated rings. The number of alkyl halides is 2. The molecular formula is C11H11F2NO2. The van der Waals surface area contributed by atoms with Crippen molar-refractivity contribution in [3.8, 4) is 5.75 Å². The van der Waals surface area contributed by atoms with Crippen molar-refractivity contribution in [2.24, 2.45) is 0 Å². The van der Waals surface area contributed by atoms with Crippen LogP contribution < -0.4 is 4.74 Å². The number of nitrogens with zero attached hydrogens (tertiary/aromatic N) is 1. The van der Waals surface area contributed by atoms with Crippen LogP contribution in [0, 0.1) is 0 Å². The topological polar surface area (TPSA) is 29.5 Å². The van der Waals surface area contributed by atoms with E-state index in [1.165, 1.54) is 0 Å². The van der Waals surface area contributed by atoms with E-state index < -0.39 is 18.4 Å². The summed E-state index contributed by atoms with van der Waals surface area (Å²) >= 11 is 0. The lowest BCUT2D eigenvalue weighted by atomic mass is 10.1. The van der Waals surface area contributed by atoms with Crippen molar-refractivity contribution >= 4 is 5.91 Å². The number of methoxy groups -OCH3 is 1. The molecule has 1 amide bonds. The molecule has 1 aliphatic heterocycles. The molecule has 0 saturated carbocycles. The van der Waals surface area contributed by atoms with Crippen molar-refractivity contribution in [3.63, 3.8) is 0 Å². The van der Waals surface area contributed by atoms with Crippen LogP contribution in [-0.2, 0) is 11.3 Å². The summed E-state index contributed by atoms with van der Waals surface area (Å²) in [4.78, 5) is 12.1. The lowest BCUT2D eigenvalue weighted by Gasteiger charge is -2.37. The Bertz CT molecular complexity index is 403. The highest BCUT2D eigenvalue weighted by Crippen LogP contribution is 2.30. The van der Waals surface area contributed by atoms with Gasteiger partial charge in [0, 0.05) is 6.54 Å². The number of carbonyl (C=O) groups is 1. The van der Waals surface area contributed by atoms with Crippen molar-refractivity contribution in [1.29, 1.82) is 0 Å². The van der Waals surface area contributed by atoms with E-state index in [4.69, 9.17) is 4.74 Å². The second-order valence-corrected chi connectivity index (χ2v) is 3.71. The molecule has 2 rings (SSSR count). The lowest BCUT2D eigenvalue weighted by molar-refractivity contribution is -0.186. The number of hydrogen-bond acceptors (Lipinski definition) is 2. The molecule has 0 bridgehead atoms. The van der Waals surface area contributed by atoms with Crippen LogP contribution in [0.4, 0.5) is 8.78 Å². The van der Waals surface area contributed by atoms with Crippen molar-refractivity contribution in [2.75, 3.05) is 13.7 Å². The molecule has 1 aromatic carbocycles. The highest BCUT2D eigenvalue weighted by Gasteiger charge is 2.53. The average molecular weight is 227 g/mol. The second-order valence-electron chi connectivity index (χ2n) is 3.71. The SMILES string of the molecule is COc1ccc(CN2CC(F)(F)C2=O)cc1. The van der Waals surface area contributed by atoms with Gasteiger partial charge < -0.3 is 9.64 Å². The minimum atomic E-state index is -3.16. The van der Waals surface area contributed by atoms with Crippen LogP contribution in [-0.4, -0.2) is 30.4 Å². The highest BCUT2D eigenvalue weighted by molar-refractivity contribution is 5.89. The van der Waals surface area contributed by atoms with Crippen LogP contribution in [0.15, 0.2) is 24.3 Å². The quantitative estimate of drug-likeness (QED) is 0.735. The Hall–Kier alpha value is -1.65. The number of carbonyl (C=O) groups excluding carboxylic acids is 1. The third kappa shape index (κ3) is 1.85. The van der Waals surface area contributed by atoms with Crippen molar-refractivity contribution in [1.82, 2.24) is 4.90 Å². The van der Waals surface area contributed by atoms with E-state index in [1.54, 1.807) is 31.4 Å². The second kappa shape index (κ2) is 3.73. The minimum Gasteiger partial charge on any atom is -0.497 e. The first-order valence-corrected chi connectivity index (χ1v) is 4.83. The first kappa shape index (κ1) is 10.9. The van der Waals surface area contributed by atoms with Gasteiger partial charge in [0.05, 0.1) is 13.7 Å². The molecule has 0 atom stereocenters. The smallest absolute Gasteiger partial charge is 0.341 e. The van der Waals surface area contributed by atoms with Gasteiger partial charge in [-0.05, 0) is 17.7 Å². The molecule has 0 spiro atoms. The van der Waals surface area contributed by atoms with Crippen LogP contribution in [0.2, 0.25) is 0 Å². The molecule has 3 nitrogen and oxygen atoms in total. The molecule has 0 aromatic heterocycles. The third-order valence-electron chi connectivity index (χ3n) is 2.52. The Morgan fingerprint density at radius 3 is 2.44 bits per heavy atom. The van der Waals surface area contributed by atoms with Gasteiger partial charge in [0.25, 0.3) is 5.91 Å². The number of likely N-dealkylation sites (tertiary alicyclic amines) is 1. The fourth-order valence-corrected chi connectivity index (χ4v) is 1.60. The van der Waals surface area contributed by atoms with Crippen molar-refractivity contribution < 1.29 is 18.3 Å². The summed E-state index contributed by atoms with van der Waals surface area (Å²) in [6.45, 7) is -0.268. The van der Waals surface area contributed by atoms with Gasteiger partial charge in [-0.1, -0.05) is 12.1 Å². The summed E-state index contributed by atoms with van der Waals surface area (Å²) in [5.41, 5.74) is 0.810. The number of rotatable bonds is 3. The maximum Gasteiger partial charge on any atom is 0.341 e. The number of hydrogen-bond donors (Lipinski definition) is 0. The molecule has 1 heterocycles. The minimum absolute atomic E-state index is 0.221. The summed E-state index contributed by atoms with van der Waals surface area (Å²) in [7, 11) is 1.55. The summed E-state index contributed by atoms with van der Waals surface area (Å²) in [6, 6.07) is 6.97. The average Bonchev–Trinajstić information content (AvgIpc) is 2.29. The van der Waals surface area contributed by atoms with E-state index in [0.29, 0.717) is 5.75 Å². The molecule has 0 unspecified atom stereocenters. The summed E-state index contributed by atoms with van der Waals surface area (Å²) in [5.74, 6) is -3.56. The zero-order valence-electron chi connectivity index (χ0n) is 8.74. The molecule has 86 valence electrons. The number of benzene rings is 1. The highest BCUT2D eigenvalue weighted by atomic mass is 19.3. The van der Waals surface area contributed by atoms with Gasteiger partial charge in [-0.25, -0.2) is 0 Å². The molecule has 16 heavy (non-hydrogen) atoms. The van der Waals surface area contributed by atoms with Gasteiger partial charge in [-0.2, -0.15) is 8.78 Å². The van der Waals surface area contributed by atoms with E-state index in [1.807, 2.05) is 0 Å². The summed E-state index contributed by atoms with van der Waals surface area (Å²) in [6.07, 6.45) is 0. The zero-order chi connectivity index (χ0) is 11.8. The van der Waals surface area contributed by atoms with Gasteiger partial charge in [0.1, 0.15) is 5.75 Å². The largest absolute Gasteiger partial charge is 0.497 e.